The van der Waals surface area contributed by atoms with Crippen molar-refractivity contribution >= 4 is 28.9 Å². The molecule has 26 heavy (non-hydrogen) atoms. The van der Waals surface area contributed by atoms with E-state index in [1.807, 2.05) is 37.3 Å². The maximum atomic E-state index is 12.5. The van der Waals surface area contributed by atoms with Crippen molar-refractivity contribution in [3.8, 4) is 5.75 Å². The number of nitrogens with one attached hydrogen (secondary N) is 1. The summed E-state index contributed by atoms with van der Waals surface area (Å²) >= 11 is 5.98. The molecule has 2 aromatic rings. The van der Waals surface area contributed by atoms with Gasteiger partial charge in [0, 0.05) is 36.9 Å². The molecule has 1 amide bonds. The summed E-state index contributed by atoms with van der Waals surface area (Å²) in [5.74, 6) is 0.866. The van der Waals surface area contributed by atoms with Gasteiger partial charge in [-0.2, -0.15) is 0 Å². The fourth-order valence-electron chi connectivity index (χ4n) is 3.22. The van der Waals surface area contributed by atoms with Crippen LogP contribution in [0.2, 0.25) is 5.02 Å². The van der Waals surface area contributed by atoms with Crippen LogP contribution in [0.4, 0.5) is 11.4 Å². The third-order valence-electron chi connectivity index (χ3n) is 4.76. The van der Waals surface area contributed by atoms with Gasteiger partial charge in [0.25, 0.3) is 0 Å². The molecule has 1 saturated heterocycles. The van der Waals surface area contributed by atoms with Crippen molar-refractivity contribution in [2.45, 2.75) is 13.0 Å². The number of hydrogen-bond acceptors (Lipinski definition) is 4. The summed E-state index contributed by atoms with van der Waals surface area (Å²) in [5, 5.41) is 3.55. The van der Waals surface area contributed by atoms with Crippen molar-refractivity contribution in [2.24, 2.45) is 0 Å². The molecular formula is C20H24ClN3O2. The Morgan fingerprint density at radius 1 is 1.12 bits per heavy atom. The molecule has 0 spiro atoms. The molecule has 1 aliphatic rings. The number of piperazine rings is 1. The number of carbonyl (C=O) groups is 1. The van der Waals surface area contributed by atoms with E-state index in [1.54, 1.807) is 19.2 Å². The molecule has 138 valence electrons. The second-order valence-corrected chi connectivity index (χ2v) is 6.81. The van der Waals surface area contributed by atoms with Gasteiger partial charge in [-0.1, -0.05) is 29.8 Å². The van der Waals surface area contributed by atoms with Gasteiger partial charge in [-0.05, 0) is 37.3 Å². The van der Waals surface area contributed by atoms with Crippen LogP contribution in [-0.4, -0.2) is 50.1 Å². The molecule has 1 atom stereocenters. The number of para-hydroxylation sites is 2. The molecule has 3 rings (SSSR count). The number of benzene rings is 2. The Morgan fingerprint density at radius 3 is 2.54 bits per heavy atom. The Labute approximate surface area is 159 Å². The zero-order valence-electron chi connectivity index (χ0n) is 15.1. The quantitative estimate of drug-likeness (QED) is 0.871. The molecule has 1 N–H and O–H groups in total. The molecule has 6 heteroatoms. The first-order valence-electron chi connectivity index (χ1n) is 8.77. The molecule has 1 aliphatic heterocycles. The van der Waals surface area contributed by atoms with Crippen LogP contribution in [0.15, 0.2) is 48.5 Å². The van der Waals surface area contributed by atoms with Gasteiger partial charge in [-0.15, -0.1) is 0 Å². The van der Waals surface area contributed by atoms with Crippen LogP contribution in [-0.2, 0) is 4.79 Å². The molecule has 2 aromatic carbocycles. The lowest BCUT2D eigenvalue weighted by atomic mass is 10.2. The molecule has 0 aliphatic carbocycles. The molecular weight excluding hydrogens is 350 g/mol. The Balaban J connectivity index is 1.58. The van der Waals surface area contributed by atoms with Gasteiger partial charge in [-0.3, -0.25) is 9.69 Å². The number of hydrogen-bond donors (Lipinski definition) is 1. The lowest BCUT2D eigenvalue weighted by Gasteiger charge is -2.38. The van der Waals surface area contributed by atoms with Crippen molar-refractivity contribution in [1.29, 1.82) is 0 Å². The fourth-order valence-corrected chi connectivity index (χ4v) is 3.41. The number of rotatable bonds is 5. The molecule has 0 aromatic heterocycles. The highest BCUT2D eigenvalue weighted by molar-refractivity contribution is 6.30. The highest BCUT2D eigenvalue weighted by Gasteiger charge is 2.26. The van der Waals surface area contributed by atoms with Crippen molar-refractivity contribution < 1.29 is 9.53 Å². The predicted octanol–water partition coefficient (Wildman–Crippen LogP) is 3.50. The summed E-state index contributed by atoms with van der Waals surface area (Å²) in [6.45, 7) is 5.30. The van der Waals surface area contributed by atoms with E-state index in [0.717, 1.165) is 43.3 Å². The van der Waals surface area contributed by atoms with Crippen molar-refractivity contribution in [3.05, 3.63) is 53.6 Å². The van der Waals surface area contributed by atoms with Crippen LogP contribution in [0.25, 0.3) is 0 Å². The standard InChI is InChI=1S/C20H24ClN3O2/c1-15(20(25)22-17-7-5-6-16(21)14-17)23-10-12-24(13-11-23)18-8-3-4-9-19(18)26-2/h3-9,14-15H,10-13H2,1-2H3,(H,22,25)/t15-/m0/s1. The van der Waals surface area contributed by atoms with Crippen LogP contribution < -0.4 is 15.0 Å². The molecule has 1 heterocycles. The average molecular weight is 374 g/mol. The largest absolute Gasteiger partial charge is 0.495 e. The van der Waals surface area contributed by atoms with E-state index < -0.39 is 0 Å². The first-order chi connectivity index (χ1) is 12.6. The van der Waals surface area contributed by atoms with Crippen LogP contribution in [0.3, 0.4) is 0 Å². The number of anilines is 2. The Hall–Kier alpha value is -2.24. The van der Waals surface area contributed by atoms with E-state index in [-0.39, 0.29) is 11.9 Å². The van der Waals surface area contributed by atoms with Crippen LogP contribution in [0.5, 0.6) is 5.75 Å². The molecule has 0 saturated carbocycles. The summed E-state index contributed by atoms with van der Waals surface area (Å²) < 4.78 is 5.46. The second kappa shape index (κ2) is 8.43. The Morgan fingerprint density at radius 2 is 1.85 bits per heavy atom. The van der Waals surface area contributed by atoms with Gasteiger partial charge in [0.1, 0.15) is 5.75 Å². The van der Waals surface area contributed by atoms with Crippen molar-refractivity contribution in [3.63, 3.8) is 0 Å². The number of carbonyl (C=O) groups excluding carboxylic acids is 1. The number of ether oxygens (including phenoxy) is 1. The number of methoxy groups -OCH3 is 1. The van der Waals surface area contributed by atoms with E-state index in [0.29, 0.717) is 5.02 Å². The van der Waals surface area contributed by atoms with Crippen molar-refractivity contribution in [2.75, 3.05) is 43.5 Å². The summed E-state index contributed by atoms with van der Waals surface area (Å²) in [7, 11) is 1.69. The molecule has 5 nitrogen and oxygen atoms in total. The summed E-state index contributed by atoms with van der Waals surface area (Å²) in [6.07, 6.45) is 0. The summed E-state index contributed by atoms with van der Waals surface area (Å²) in [6, 6.07) is 15.1. The van der Waals surface area contributed by atoms with E-state index in [2.05, 4.69) is 21.2 Å². The van der Waals surface area contributed by atoms with Crippen LogP contribution in [0, 0.1) is 0 Å². The van der Waals surface area contributed by atoms with E-state index in [1.165, 1.54) is 0 Å². The third-order valence-corrected chi connectivity index (χ3v) is 4.99. The van der Waals surface area contributed by atoms with Gasteiger partial charge in [0.05, 0.1) is 18.8 Å². The van der Waals surface area contributed by atoms with Gasteiger partial charge in [0.15, 0.2) is 0 Å². The van der Waals surface area contributed by atoms with Crippen LogP contribution in [0.1, 0.15) is 6.92 Å². The Kier molecular flexibility index (Phi) is 6.01. The maximum absolute atomic E-state index is 12.5. The SMILES string of the molecule is COc1ccccc1N1CCN([C@@H](C)C(=O)Nc2cccc(Cl)c2)CC1. The minimum Gasteiger partial charge on any atom is -0.495 e. The lowest BCUT2D eigenvalue weighted by Crippen LogP contribution is -2.52. The topological polar surface area (TPSA) is 44.8 Å². The summed E-state index contributed by atoms with van der Waals surface area (Å²) in [5.41, 5.74) is 1.83. The second-order valence-electron chi connectivity index (χ2n) is 6.37. The number of amides is 1. The monoisotopic (exact) mass is 373 g/mol. The predicted molar refractivity (Wildman–Crippen MR) is 106 cm³/mol. The minimum atomic E-state index is -0.200. The van der Waals surface area contributed by atoms with Gasteiger partial charge in [-0.25, -0.2) is 0 Å². The van der Waals surface area contributed by atoms with E-state index in [9.17, 15) is 4.79 Å². The maximum Gasteiger partial charge on any atom is 0.241 e. The van der Waals surface area contributed by atoms with E-state index in [4.69, 9.17) is 16.3 Å². The van der Waals surface area contributed by atoms with Crippen molar-refractivity contribution in [1.82, 2.24) is 4.90 Å². The van der Waals surface area contributed by atoms with Gasteiger partial charge in [0.2, 0.25) is 5.91 Å². The van der Waals surface area contributed by atoms with Gasteiger partial charge >= 0.3 is 0 Å². The van der Waals surface area contributed by atoms with Crippen LogP contribution >= 0.6 is 11.6 Å². The smallest absolute Gasteiger partial charge is 0.241 e. The molecule has 0 radical (unpaired) electrons. The normalized spacial score (nSPS) is 16.2. The highest BCUT2D eigenvalue weighted by Crippen LogP contribution is 2.28. The summed E-state index contributed by atoms with van der Waals surface area (Å²) in [4.78, 5) is 17.0. The average Bonchev–Trinajstić information content (AvgIpc) is 2.67. The first kappa shape index (κ1) is 18.5. The van der Waals surface area contributed by atoms with Gasteiger partial charge < -0.3 is 15.0 Å². The zero-order valence-corrected chi connectivity index (χ0v) is 15.9. The number of nitrogens with zero attached hydrogens (tertiary/aromatic N) is 2. The lowest BCUT2D eigenvalue weighted by molar-refractivity contribution is -0.120. The molecule has 0 bridgehead atoms. The minimum absolute atomic E-state index is 0.0157. The van der Waals surface area contributed by atoms with E-state index >= 15 is 0 Å². The Bertz CT molecular complexity index is 760. The third kappa shape index (κ3) is 4.29. The zero-order chi connectivity index (χ0) is 18.5. The molecule has 1 fully saturated rings. The highest BCUT2D eigenvalue weighted by atomic mass is 35.5. The molecule has 0 unspecified atom stereocenters. The number of halogens is 1. The fraction of sp³-hybridized carbons (Fsp3) is 0.350. The first-order valence-corrected chi connectivity index (χ1v) is 9.14.